The highest BCUT2D eigenvalue weighted by Gasteiger charge is 2.14. The predicted octanol–water partition coefficient (Wildman–Crippen LogP) is 3.61. The molecule has 3 N–H and O–H groups in total. The Morgan fingerprint density at radius 3 is 2.20 bits per heavy atom. The van der Waals surface area contributed by atoms with Gasteiger partial charge in [-0.05, 0) is 48.7 Å². The first kappa shape index (κ1) is 18.5. The number of nitrogens with one attached hydrogen (secondary N) is 3. The lowest BCUT2D eigenvalue weighted by atomic mass is 10.0. The molecule has 0 aliphatic heterocycles. The summed E-state index contributed by atoms with van der Waals surface area (Å²) in [7, 11) is 1.59. The van der Waals surface area contributed by atoms with Crippen LogP contribution in [0.15, 0.2) is 48.5 Å². The lowest BCUT2D eigenvalue weighted by molar-refractivity contribution is -0.116. The van der Waals surface area contributed by atoms with E-state index in [-0.39, 0.29) is 11.8 Å². The molecule has 2 aromatic rings. The Morgan fingerprint density at radius 2 is 1.60 bits per heavy atom. The fourth-order valence-electron chi connectivity index (χ4n) is 2.41. The van der Waals surface area contributed by atoms with Gasteiger partial charge in [0.25, 0.3) is 5.91 Å². The van der Waals surface area contributed by atoms with E-state index in [4.69, 9.17) is 0 Å². The third kappa shape index (κ3) is 5.08. The van der Waals surface area contributed by atoms with Gasteiger partial charge in [0.2, 0.25) is 5.91 Å². The monoisotopic (exact) mass is 339 g/mol. The van der Waals surface area contributed by atoms with Crippen LogP contribution in [0, 0.1) is 0 Å². The second-order valence-corrected chi connectivity index (χ2v) is 6.29. The summed E-state index contributed by atoms with van der Waals surface area (Å²) in [4.78, 5) is 24.0. The van der Waals surface area contributed by atoms with Crippen molar-refractivity contribution in [3.05, 3.63) is 59.7 Å². The van der Waals surface area contributed by atoms with E-state index in [0.717, 1.165) is 11.4 Å². The van der Waals surface area contributed by atoms with E-state index in [0.29, 0.717) is 11.5 Å². The van der Waals surface area contributed by atoms with Crippen molar-refractivity contribution in [2.45, 2.75) is 32.7 Å². The molecule has 132 valence electrons. The van der Waals surface area contributed by atoms with Crippen molar-refractivity contribution < 1.29 is 9.59 Å². The Hall–Kier alpha value is -2.82. The van der Waals surface area contributed by atoms with Gasteiger partial charge in [0.15, 0.2) is 0 Å². The van der Waals surface area contributed by atoms with Crippen molar-refractivity contribution in [2.24, 2.45) is 0 Å². The molecule has 0 radical (unpaired) electrons. The Labute approximate surface area is 148 Å². The maximum absolute atomic E-state index is 12.4. The van der Waals surface area contributed by atoms with Crippen LogP contribution < -0.4 is 16.0 Å². The van der Waals surface area contributed by atoms with Crippen LogP contribution in [0.3, 0.4) is 0 Å². The van der Waals surface area contributed by atoms with E-state index in [9.17, 15) is 9.59 Å². The highest BCUT2D eigenvalue weighted by Crippen LogP contribution is 2.18. The van der Waals surface area contributed by atoms with Gasteiger partial charge in [-0.1, -0.05) is 32.0 Å². The van der Waals surface area contributed by atoms with Crippen LogP contribution in [-0.2, 0) is 4.79 Å². The normalized spacial score (nSPS) is 11.7. The quantitative estimate of drug-likeness (QED) is 0.753. The Morgan fingerprint density at radius 1 is 0.920 bits per heavy atom. The van der Waals surface area contributed by atoms with Crippen molar-refractivity contribution >= 4 is 23.2 Å². The highest BCUT2D eigenvalue weighted by atomic mass is 16.2. The molecule has 0 saturated heterocycles. The molecule has 5 heteroatoms. The molecule has 2 amide bonds. The van der Waals surface area contributed by atoms with Crippen LogP contribution in [0.2, 0.25) is 0 Å². The second kappa shape index (κ2) is 8.33. The molecular weight excluding hydrogens is 314 g/mol. The molecule has 0 aliphatic rings. The van der Waals surface area contributed by atoms with Crippen LogP contribution >= 0.6 is 0 Å². The first-order valence-electron chi connectivity index (χ1n) is 8.40. The molecule has 0 spiro atoms. The van der Waals surface area contributed by atoms with Crippen molar-refractivity contribution in [1.82, 2.24) is 5.32 Å². The van der Waals surface area contributed by atoms with Crippen LogP contribution in [0.1, 0.15) is 42.6 Å². The van der Waals surface area contributed by atoms with E-state index in [1.165, 1.54) is 5.56 Å². The van der Waals surface area contributed by atoms with Gasteiger partial charge in [-0.2, -0.15) is 0 Å². The molecule has 0 bridgehead atoms. The van der Waals surface area contributed by atoms with E-state index in [1.54, 1.807) is 32.2 Å². The Kier molecular flexibility index (Phi) is 6.17. The molecule has 0 saturated carbocycles. The van der Waals surface area contributed by atoms with Gasteiger partial charge in [-0.3, -0.25) is 9.59 Å². The number of hydrogen-bond donors (Lipinski definition) is 3. The molecule has 0 unspecified atom stereocenters. The topological polar surface area (TPSA) is 70.2 Å². The maximum atomic E-state index is 12.4. The van der Waals surface area contributed by atoms with E-state index in [1.807, 2.05) is 30.3 Å². The first-order chi connectivity index (χ1) is 11.9. The lowest BCUT2D eigenvalue weighted by Gasteiger charge is -2.16. The fraction of sp³-hybridized carbons (Fsp3) is 0.300. The Balaban J connectivity index is 1.99. The smallest absolute Gasteiger partial charge is 0.251 e. The molecule has 0 fully saturated rings. The number of hydrogen-bond acceptors (Lipinski definition) is 3. The number of anilines is 2. The number of amides is 2. The fourth-order valence-corrected chi connectivity index (χ4v) is 2.41. The number of carbonyl (C=O) groups excluding carboxylic acids is 2. The SMILES string of the molecule is CNC(=O)c1cccc(N[C@@H](C)C(=O)Nc2ccc(C(C)C)cc2)c1. The van der Waals surface area contributed by atoms with Crippen molar-refractivity contribution in [1.29, 1.82) is 0 Å². The number of benzene rings is 2. The number of rotatable bonds is 6. The van der Waals surface area contributed by atoms with Crippen molar-refractivity contribution in [2.75, 3.05) is 17.7 Å². The average Bonchev–Trinajstić information content (AvgIpc) is 2.61. The van der Waals surface area contributed by atoms with Crippen LogP contribution in [0.5, 0.6) is 0 Å². The molecule has 0 heterocycles. The Bertz CT molecular complexity index is 739. The predicted molar refractivity (Wildman–Crippen MR) is 102 cm³/mol. The maximum Gasteiger partial charge on any atom is 0.251 e. The minimum atomic E-state index is -0.440. The standard InChI is InChI=1S/C20H25N3O2/c1-13(2)15-8-10-17(11-9-15)23-19(24)14(3)22-18-7-5-6-16(12-18)20(25)21-4/h5-14,22H,1-4H3,(H,21,25)(H,23,24)/t14-/m0/s1. The van der Waals surface area contributed by atoms with Crippen LogP contribution in [-0.4, -0.2) is 24.9 Å². The van der Waals surface area contributed by atoms with E-state index >= 15 is 0 Å². The molecule has 2 rings (SSSR count). The summed E-state index contributed by atoms with van der Waals surface area (Å²) >= 11 is 0. The zero-order chi connectivity index (χ0) is 18.4. The largest absolute Gasteiger partial charge is 0.374 e. The minimum Gasteiger partial charge on any atom is -0.374 e. The molecule has 0 aromatic heterocycles. The van der Waals surface area contributed by atoms with Crippen molar-refractivity contribution in [3.63, 3.8) is 0 Å². The third-order valence-corrected chi connectivity index (χ3v) is 3.97. The first-order valence-corrected chi connectivity index (χ1v) is 8.40. The molecule has 1 atom stereocenters. The second-order valence-electron chi connectivity index (χ2n) is 6.29. The van der Waals surface area contributed by atoms with E-state index in [2.05, 4.69) is 29.8 Å². The van der Waals surface area contributed by atoms with Crippen LogP contribution in [0.4, 0.5) is 11.4 Å². The summed E-state index contributed by atoms with van der Waals surface area (Å²) in [6.07, 6.45) is 0. The number of carbonyl (C=O) groups is 2. The zero-order valence-electron chi connectivity index (χ0n) is 15.1. The van der Waals surface area contributed by atoms with Crippen LogP contribution in [0.25, 0.3) is 0 Å². The molecule has 5 nitrogen and oxygen atoms in total. The lowest BCUT2D eigenvalue weighted by Crippen LogP contribution is -2.32. The van der Waals surface area contributed by atoms with Gasteiger partial charge in [0.1, 0.15) is 6.04 Å². The van der Waals surface area contributed by atoms with Gasteiger partial charge in [0.05, 0.1) is 0 Å². The zero-order valence-corrected chi connectivity index (χ0v) is 15.1. The summed E-state index contributed by atoms with van der Waals surface area (Å²) in [5.41, 5.74) is 3.26. The molecule has 0 aliphatic carbocycles. The van der Waals surface area contributed by atoms with Gasteiger partial charge in [-0.15, -0.1) is 0 Å². The summed E-state index contributed by atoms with van der Waals surface area (Å²) in [5, 5.41) is 8.60. The van der Waals surface area contributed by atoms with Gasteiger partial charge in [-0.25, -0.2) is 0 Å². The summed E-state index contributed by atoms with van der Waals surface area (Å²) in [6, 6.07) is 14.5. The summed E-state index contributed by atoms with van der Waals surface area (Å²) in [6.45, 7) is 6.05. The summed E-state index contributed by atoms with van der Waals surface area (Å²) in [5.74, 6) is 0.159. The minimum absolute atomic E-state index is 0.136. The van der Waals surface area contributed by atoms with Crippen molar-refractivity contribution in [3.8, 4) is 0 Å². The van der Waals surface area contributed by atoms with Gasteiger partial charge < -0.3 is 16.0 Å². The highest BCUT2D eigenvalue weighted by molar-refractivity contribution is 5.97. The third-order valence-electron chi connectivity index (χ3n) is 3.97. The van der Waals surface area contributed by atoms with Gasteiger partial charge >= 0.3 is 0 Å². The summed E-state index contributed by atoms with van der Waals surface area (Å²) < 4.78 is 0. The van der Waals surface area contributed by atoms with Gasteiger partial charge in [0, 0.05) is 24.0 Å². The molecule has 25 heavy (non-hydrogen) atoms. The molecular formula is C20H25N3O2. The average molecular weight is 339 g/mol. The van der Waals surface area contributed by atoms with E-state index < -0.39 is 6.04 Å². The molecule has 2 aromatic carbocycles.